The largest absolute Gasteiger partial charge is 0.244 e. The summed E-state index contributed by atoms with van der Waals surface area (Å²) in [5.74, 6) is 0. The SMILES string of the molecule is CN(Cc1ccccc1)S(=O)(=O)c1cc(Br)ccc1Br. The van der Waals surface area contributed by atoms with E-state index in [-0.39, 0.29) is 4.90 Å². The van der Waals surface area contributed by atoms with Crippen LogP contribution in [0.1, 0.15) is 5.56 Å². The van der Waals surface area contributed by atoms with E-state index in [2.05, 4.69) is 31.9 Å². The third-order valence-corrected chi connectivity index (χ3v) is 6.12. The monoisotopic (exact) mass is 417 g/mol. The molecule has 0 fully saturated rings. The van der Waals surface area contributed by atoms with Crippen LogP contribution in [0.15, 0.2) is 62.4 Å². The molecule has 0 amide bonds. The first kappa shape index (κ1) is 15.7. The van der Waals surface area contributed by atoms with E-state index in [0.29, 0.717) is 11.0 Å². The fourth-order valence-electron chi connectivity index (χ4n) is 1.77. The van der Waals surface area contributed by atoms with Crippen molar-refractivity contribution in [3.8, 4) is 0 Å². The standard InChI is InChI=1S/C14H13Br2NO2S/c1-17(10-11-5-3-2-4-6-11)20(18,19)14-9-12(15)7-8-13(14)16/h2-9H,10H2,1H3. The maximum atomic E-state index is 12.6. The Bertz CT molecular complexity index is 702. The Balaban J connectivity index is 2.32. The molecule has 0 aliphatic carbocycles. The number of nitrogens with zero attached hydrogens (tertiary/aromatic N) is 1. The predicted molar refractivity (Wildman–Crippen MR) is 86.9 cm³/mol. The van der Waals surface area contributed by atoms with Crippen molar-refractivity contribution in [1.29, 1.82) is 0 Å². The van der Waals surface area contributed by atoms with Gasteiger partial charge in [-0.3, -0.25) is 0 Å². The second-order valence-corrected chi connectivity index (χ2v) is 8.10. The number of hydrogen-bond donors (Lipinski definition) is 0. The van der Waals surface area contributed by atoms with Gasteiger partial charge < -0.3 is 0 Å². The molecule has 0 aliphatic heterocycles. The lowest BCUT2D eigenvalue weighted by Crippen LogP contribution is -2.26. The highest BCUT2D eigenvalue weighted by atomic mass is 79.9. The van der Waals surface area contributed by atoms with Crippen molar-refractivity contribution in [2.45, 2.75) is 11.4 Å². The minimum absolute atomic E-state index is 0.255. The molecule has 106 valence electrons. The van der Waals surface area contributed by atoms with Gasteiger partial charge in [0.25, 0.3) is 0 Å². The van der Waals surface area contributed by atoms with Crippen molar-refractivity contribution < 1.29 is 8.42 Å². The molecule has 20 heavy (non-hydrogen) atoms. The summed E-state index contributed by atoms with van der Waals surface area (Å²) in [5, 5.41) is 0. The Morgan fingerprint density at radius 1 is 1.05 bits per heavy atom. The van der Waals surface area contributed by atoms with E-state index < -0.39 is 10.0 Å². The van der Waals surface area contributed by atoms with Gasteiger partial charge in [-0.15, -0.1) is 0 Å². The van der Waals surface area contributed by atoms with Crippen LogP contribution in [-0.2, 0) is 16.6 Å². The van der Waals surface area contributed by atoms with E-state index in [1.165, 1.54) is 4.31 Å². The third kappa shape index (κ3) is 3.49. The van der Waals surface area contributed by atoms with Gasteiger partial charge in [-0.1, -0.05) is 46.3 Å². The van der Waals surface area contributed by atoms with Crippen molar-refractivity contribution in [2.24, 2.45) is 0 Å². The lowest BCUT2D eigenvalue weighted by molar-refractivity contribution is 0.466. The number of hydrogen-bond acceptors (Lipinski definition) is 2. The number of sulfonamides is 1. The first-order valence-corrected chi connectivity index (χ1v) is 8.89. The van der Waals surface area contributed by atoms with Gasteiger partial charge in [-0.25, -0.2) is 8.42 Å². The Morgan fingerprint density at radius 3 is 2.35 bits per heavy atom. The molecule has 0 saturated heterocycles. The molecule has 0 N–H and O–H groups in total. The number of rotatable bonds is 4. The minimum atomic E-state index is -3.53. The van der Waals surface area contributed by atoms with E-state index in [1.807, 2.05) is 30.3 Å². The van der Waals surface area contributed by atoms with Crippen LogP contribution in [0.5, 0.6) is 0 Å². The van der Waals surface area contributed by atoms with Crippen LogP contribution in [-0.4, -0.2) is 19.8 Å². The van der Waals surface area contributed by atoms with Crippen LogP contribution >= 0.6 is 31.9 Å². The zero-order valence-electron chi connectivity index (χ0n) is 10.8. The molecule has 0 atom stereocenters. The predicted octanol–water partition coefficient (Wildman–Crippen LogP) is 4.03. The molecule has 0 aromatic heterocycles. The Kier molecular flexibility index (Phi) is 5.01. The fourth-order valence-corrected chi connectivity index (χ4v) is 4.39. The van der Waals surface area contributed by atoms with Gasteiger partial charge in [0, 0.05) is 22.5 Å². The maximum absolute atomic E-state index is 12.6. The highest BCUT2D eigenvalue weighted by Gasteiger charge is 2.23. The highest BCUT2D eigenvalue weighted by molar-refractivity contribution is 9.11. The van der Waals surface area contributed by atoms with Crippen molar-refractivity contribution in [3.05, 3.63) is 63.0 Å². The van der Waals surface area contributed by atoms with Crippen molar-refractivity contribution in [2.75, 3.05) is 7.05 Å². The lowest BCUT2D eigenvalue weighted by Gasteiger charge is -2.18. The summed E-state index contributed by atoms with van der Waals surface area (Å²) in [7, 11) is -1.95. The van der Waals surface area contributed by atoms with E-state index in [9.17, 15) is 8.42 Å². The second-order valence-electron chi connectivity index (χ2n) is 4.32. The van der Waals surface area contributed by atoms with Crippen molar-refractivity contribution in [1.82, 2.24) is 4.31 Å². The van der Waals surface area contributed by atoms with Crippen molar-refractivity contribution in [3.63, 3.8) is 0 Å². The van der Waals surface area contributed by atoms with Gasteiger partial charge in [0.15, 0.2) is 0 Å². The smallest absolute Gasteiger partial charge is 0.207 e. The fraction of sp³-hybridized carbons (Fsp3) is 0.143. The van der Waals surface area contributed by atoms with Gasteiger partial charge >= 0.3 is 0 Å². The van der Waals surface area contributed by atoms with Crippen LogP contribution in [0.3, 0.4) is 0 Å². The van der Waals surface area contributed by atoms with E-state index in [4.69, 9.17) is 0 Å². The zero-order chi connectivity index (χ0) is 14.8. The number of halogens is 2. The van der Waals surface area contributed by atoms with Gasteiger partial charge in [-0.2, -0.15) is 4.31 Å². The molecule has 0 aliphatic rings. The summed E-state index contributed by atoms with van der Waals surface area (Å²) in [6.07, 6.45) is 0. The summed E-state index contributed by atoms with van der Waals surface area (Å²) in [6, 6.07) is 14.6. The molecule has 6 heteroatoms. The summed E-state index contributed by atoms with van der Waals surface area (Å²) in [6.45, 7) is 0.335. The molecule has 0 bridgehead atoms. The van der Waals surface area contributed by atoms with Gasteiger partial charge in [0.05, 0.1) is 4.90 Å². The molecule has 0 unspecified atom stereocenters. The Morgan fingerprint density at radius 2 is 1.70 bits per heavy atom. The van der Waals surface area contributed by atoms with Crippen LogP contribution in [0.4, 0.5) is 0 Å². The third-order valence-electron chi connectivity index (χ3n) is 2.83. The van der Waals surface area contributed by atoms with Crippen molar-refractivity contribution >= 4 is 41.9 Å². The highest BCUT2D eigenvalue weighted by Crippen LogP contribution is 2.28. The molecule has 0 saturated carbocycles. The summed E-state index contributed by atoms with van der Waals surface area (Å²) < 4.78 is 27.8. The average molecular weight is 419 g/mol. The normalized spacial score (nSPS) is 11.8. The molecule has 0 spiro atoms. The first-order chi connectivity index (χ1) is 9.41. The first-order valence-electron chi connectivity index (χ1n) is 5.86. The van der Waals surface area contributed by atoms with Crippen LogP contribution in [0.2, 0.25) is 0 Å². The molecule has 2 rings (SSSR count). The van der Waals surface area contributed by atoms with E-state index >= 15 is 0 Å². The Labute approximate surface area is 135 Å². The summed E-state index contributed by atoms with van der Waals surface area (Å²) >= 11 is 6.59. The van der Waals surface area contributed by atoms with Gasteiger partial charge in [0.2, 0.25) is 10.0 Å². The van der Waals surface area contributed by atoms with Crippen LogP contribution in [0.25, 0.3) is 0 Å². The van der Waals surface area contributed by atoms with Gasteiger partial charge in [0.1, 0.15) is 0 Å². The van der Waals surface area contributed by atoms with Crippen LogP contribution < -0.4 is 0 Å². The van der Waals surface area contributed by atoms with Crippen LogP contribution in [0, 0.1) is 0 Å². The summed E-state index contributed by atoms with van der Waals surface area (Å²) in [4.78, 5) is 0.255. The minimum Gasteiger partial charge on any atom is -0.207 e. The maximum Gasteiger partial charge on any atom is 0.244 e. The van der Waals surface area contributed by atoms with E-state index in [0.717, 1.165) is 10.0 Å². The molecule has 2 aromatic carbocycles. The second kappa shape index (κ2) is 6.39. The molecule has 2 aromatic rings. The lowest BCUT2D eigenvalue weighted by atomic mass is 10.2. The topological polar surface area (TPSA) is 37.4 Å². The molecular formula is C14H13Br2NO2S. The Hall–Kier alpha value is -0.690. The molecule has 0 heterocycles. The van der Waals surface area contributed by atoms with Gasteiger partial charge in [-0.05, 0) is 39.7 Å². The molecule has 0 radical (unpaired) electrons. The number of benzene rings is 2. The molecule has 3 nitrogen and oxygen atoms in total. The average Bonchev–Trinajstić information content (AvgIpc) is 2.42. The van der Waals surface area contributed by atoms with E-state index in [1.54, 1.807) is 25.2 Å². The zero-order valence-corrected chi connectivity index (χ0v) is 14.7. The summed E-state index contributed by atoms with van der Waals surface area (Å²) in [5.41, 5.74) is 0.949. The molecular weight excluding hydrogens is 406 g/mol. The quantitative estimate of drug-likeness (QED) is 0.751.